The molecule has 1 aromatic rings. The van der Waals surface area contributed by atoms with Crippen molar-refractivity contribution in [2.75, 3.05) is 18.4 Å². The third-order valence-corrected chi connectivity index (χ3v) is 6.35. The minimum Gasteiger partial charge on any atom is -0.480 e. The van der Waals surface area contributed by atoms with E-state index in [9.17, 15) is 18.3 Å². The van der Waals surface area contributed by atoms with Crippen LogP contribution in [0.1, 0.15) is 39.5 Å². The number of piperidine rings is 1. The van der Waals surface area contributed by atoms with Crippen molar-refractivity contribution in [1.82, 2.24) is 9.29 Å². The second-order valence-corrected chi connectivity index (χ2v) is 8.13. The molecule has 0 spiro atoms. The number of anilines is 1. The number of carboxylic acids is 1. The molecule has 1 aromatic heterocycles. The summed E-state index contributed by atoms with van der Waals surface area (Å²) >= 11 is 0. The molecule has 0 radical (unpaired) electrons. The highest BCUT2D eigenvalue weighted by Crippen LogP contribution is 2.21. The lowest BCUT2D eigenvalue weighted by Crippen LogP contribution is -2.36. The number of nitrogens with zero attached hydrogens (tertiary/aromatic N) is 2. The minimum atomic E-state index is -3.52. The predicted octanol–water partition coefficient (Wildman–Crippen LogP) is 2.17. The molecule has 1 saturated heterocycles. The van der Waals surface area contributed by atoms with Crippen LogP contribution in [0.2, 0.25) is 0 Å². The molecule has 8 heteroatoms. The molecule has 2 N–H and O–H groups in total. The first-order valence-electron chi connectivity index (χ1n) is 8.31. The first kappa shape index (κ1) is 18.7. The Labute approximate surface area is 143 Å². The average molecular weight is 355 g/mol. The molecular formula is C16H25N3O4S. The highest BCUT2D eigenvalue weighted by molar-refractivity contribution is 7.89. The molecule has 1 fully saturated rings. The topological polar surface area (TPSA) is 99.6 Å². The Bertz CT molecular complexity index is 654. The van der Waals surface area contributed by atoms with E-state index in [4.69, 9.17) is 0 Å². The van der Waals surface area contributed by atoms with E-state index >= 15 is 0 Å². The van der Waals surface area contributed by atoms with Gasteiger partial charge in [-0.2, -0.15) is 4.31 Å². The summed E-state index contributed by atoms with van der Waals surface area (Å²) in [5.41, 5.74) is 0. The van der Waals surface area contributed by atoms with E-state index in [1.54, 1.807) is 0 Å². The van der Waals surface area contributed by atoms with Crippen molar-refractivity contribution in [2.24, 2.45) is 5.92 Å². The number of aliphatic carboxylic acids is 1. The molecule has 24 heavy (non-hydrogen) atoms. The number of hydrogen-bond donors (Lipinski definition) is 2. The van der Waals surface area contributed by atoms with Crippen molar-refractivity contribution in [1.29, 1.82) is 0 Å². The molecule has 7 nitrogen and oxygen atoms in total. The monoisotopic (exact) mass is 355 g/mol. The maximum absolute atomic E-state index is 12.6. The predicted molar refractivity (Wildman–Crippen MR) is 91.3 cm³/mol. The van der Waals surface area contributed by atoms with Crippen molar-refractivity contribution >= 4 is 21.8 Å². The molecule has 134 valence electrons. The summed E-state index contributed by atoms with van der Waals surface area (Å²) < 4.78 is 26.6. The Morgan fingerprint density at radius 1 is 1.33 bits per heavy atom. The molecular weight excluding hydrogens is 330 g/mol. The van der Waals surface area contributed by atoms with E-state index in [-0.39, 0.29) is 10.8 Å². The van der Waals surface area contributed by atoms with Crippen LogP contribution in [0.15, 0.2) is 23.2 Å². The Balaban J connectivity index is 2.13. The van der Waals surface area contributed by atoms with Crippen molar-refractivity contribution in [2.45, 2.75) is 50.5 Å². The quantitative estimate of drug-likeness (QED) is 0.777. The maximum Gasteiger partial charge on any atom is 0.326 e. The van der Waals surface area contributed by atoms with Gasteiger partial charge in [-0.1, -0.05) is 26.7 Å². The van der Waals surface area contributed by atoms with Crippen molar-refractivity contribution < 1.29 is 18.3 Å². The molecule has 1 aliphatic rings. The van der Waals surface area contributed by atoms with Gasteiger partial charge < -0.3 is 10.4 Å². The third kappa shape index (κ3) is 4.24. The fourth-order valence-corrected chi connectivity index (χ4v) is 4.18. The first-order valence-corrected chi connectivity index (χ1v) is 9.75. The summed E-state index contributed by atoms with van der Waals surface area (Å²) in [6.45, 7) is 4.85. The Morgan fingerprint density at radius 2 is 2.00 bits per heavy atom. The van der Waals surface area contributed by atoms with Crippen LogP contribution < -0.4 is 5.32 Å². The molecule has 0 unspecified atom stereocenters. The van der Waals surface area contributed by atoms with Gasteiger partial charge in [0.2, 0.25) is 10.0 Å². The lowest BCUT2D eigenvalue weighted by Gasteiger charge is -2.26. The summed E-state index contributed by atoms with van der Waals surface area (Å²) in [6.07, 6.45) is 4.81. The van der Waals surface area contributed by atoms with Gasteiger partial charge in [-0.15, -0.1) is 0 Å². The number of aromatic nitrogens is 1. The summed E-state index contributed by atoms with van der Waals surface area (Å²) in [5, 5.41) is 12.2. The fourth-order valence-electron chi connectivity index (χ4n) is 2.72. The van der Waals surface area contributed by atoms with Crippen molar-refractivity contribution in [3.63, 3.8) is 0 Å². The molecule has 0 aliphatic carbocycles. The summed E-state index contributed by atoms with van der Waals surface area (Å²) in [5.74, 6) is -0.655. The highest BCUT2D eigenvalue weighted by atomic mass is 32.2. The number of nitrogens with one attached hydrogen (secondary N) is 1. The van der Waals surface area contributed by atoms with Crippen LogP contribution in [-0.4, -0.2) is 47.9 Å². The van der Waals surface area contributed by atoms with Gasteiger partial charge in [-0.25, -0.2) is 18.2 Å². The molecule has 0 bridgehead atoms. The van der Waals surface area contributed by atoms with Crippen LogP contribution in [-0.2, 0) is 14.8 Å². The normalized spacial score (nSPS) is 18.8. The molecule has 2 atom stereocenters. The smallest absolute Gasteiger partial charge is 0.326 e. The lowest BCUT2D eigenvalue weighted by atomic mass is 9.99. The molecule has 0 amide bonds. The van der Waals surface area contributed by atoms with Crippen LogP contribution in [0.5, 0.6) is 0 Å². The number of hydrogen-bond acceptors (Lipinski definition) is 5. The van der Waals surface area contributed by atoms with E-state index in [2.05, 4.69) is 10.3 Å². The van der Waals surface area contributed by atoms with E-state index < -0.39 is 22.0 Å². The molecule has 2 heterocycles. The molecule has 2 rings (SSSR count). The van der Waals surface area contributed by atoms with Gasteiger partial charge in [-0.05, 0) is 30.9 Å². The summed E-state index contributed by atoms with van der Waals surface area (Å²) in [6, 6.07) is 2.25. The highest BCUT2D eigenvalue weighted by Gasteiger charge is 2.27. The Hall–Kier alpha value is -1.67. The SMILES string of the molecule is CC[C@H](C)[C@H](Nc1ccc(S(=O)(=O)N2CCCCC2)cn1)C(=O)O. The van der Waals surface area contributed by atoms with Crippen LogP contribution in [0.25, 0.3) is 0 Å². The zero-order valence-electron chi connectivity index (χ0n) is 14.1. The second-order valence-electron chi connectivity index (χ2n) is 6.19. The van der Waals surface area contributed by atoms with Gasteiger partial charge in [0.1, 0.15) is 16.8 Å². The summed E-state index contributed by atoms with van der Waals surface area (Å²) in [7, 11) is -3.52. The van der Waals surface area contributed by atoms with E-state index in [1.165, 1.54) is 22.6 Å². The van der Waals surface area contributed by atoms with Crippen LogP contribution in [0, 0.1) is 5.92 Å². The summed E-state index contributed by atoms with van der Waals surface area (Å²) in [4.78, 5) is 15.6. The number of rotatable bonds is 7. The number of pyridine rings is 1. The van der Waals surface area contributed by atoms with Crippen molar-refractivity contribution in [3.8, 4) is 0 Å². The molecule has 0 saturated carbocycles. The van der Waals surface area contributed by atoms with Gasteiger partial charge in [0.15, 0.2) is 0 Å². The zero-order valence-corrected chi connectivity index (χ0v) is 14.9. The Morgan fingerprint density at radius 3 is 2.50 bits per heavy atom. The van der Waals surface area contributed by atoms with E-state index in [1.807, 2.05) is 13.8 Å². The standard InChI is InChI=1S/C16H25N3O4S/c1-3-12(2)15(16(20)21)18-14-8-7-13(11-17-14)24(22,23)19-9-5-4-6-10-19/h7-8,11-12,15H,3-6,9-10H2,1-2H3,(H,17,18)(H,20,21)/t12-,15-/m0/s1. The fraction of sp³-hybridized carbons (Fsp3) is 0.625. The van der Waals surface area contributed by atoms with Crippen LogP contribution in [0.4, 0.5) is 5.82 Å². The number of carboxylic acid groups (broad SMARTS) is 1. The largest absolute Gasteiger partial charge is 0.480 e. The maximum atomic E-state index is 12.6. The Kier molecular flexibility index (Phi) is 6.17. The average Bonchev–Trinajstić information content (AvgIpc) is 2.60. The zero-order chi connectivity index (χ0) is 17.7. The van der Waals surface area contributed by atoms with Crippen LogP contribution in [0.3, 0.4) is 0 Å². The molecule has 0 aromatic carbocycles. The van der Waals surface area contributed by atoms with Gasteiger partial charge >= 0.3 is 5.97 Å². The van der Waals surface area contributed by atoms with Gasteiger partial charge in [-0.3, -0.25) is 0 Å². The lowest BCUT2D eigenvalue weighted by molar-refractivity contribution is -0.139. The van der Waals surface area contributed by atoms with E-state index in [0.29, 0.717) is 25.3 Å². The van der Waals surface area contributed by atoms with Crippen LogP contribution >= 0.6 is 0 Å². The minimum absolute atomic E-state index is 0.0685. The second kappa shape index (κ2) is 7.94. The van der Waals surface area contributed by atoms with Gasteiger partial charge in [0, 0.05) is 19.3 Å². The van der Waals surface area contributed by atoms with Gasteiger partial charge in [0.05, 0.1) is 0 Å². The number of sulfonamides is 1. The number of carbonyl (C=O) groups is 1. The first-order chi connectivity index (χ1) is 11.4. The van der Waals surface area contributed by atoms with Gasteiger partial charge in [0.25, 0.3) is 0 Å². The van der Waals surface area contributed by atoms with Crippen molar-refractivity contribution in [3.05, 3.63) is 18.3 Å². The van der Waals surface area contributed by atoms with E-state index in [0.717, 1.165) is 19.3 Å². The molecule has 1 aliphatic heterocycles. The third-order valence-electron chi connectivity index (χ3n) is 4.47.